The summed E-state index contributed by atoms with van der Waals surface area (Å²) in [4.78, 5) is 46.5. The highest BCUT2D eigenvalue weighted by molar-refractivity contribution is 6.30. The predicted octanol–water partition coefficient (Wildman–Crippen LogP) is 0.832. The largest absolute Gasteiger partial charge is 0.458 e. The molecular formula is C16H20ClN5O4. The number of nitrogens with zero attached hydrogens (tertiary/aromatic N) is 4. The first-order valence-corrected chi connectivity index (χ1v) is 8.90. The summed E-state index contributed by atoms with van der Waals surface area (Å²) in [6.07, 6.45) is 4.86. The van der Waals surface area contributed by atoms with Crippen LogP contribution < -0.4 is 10.1 Å². The van der Waals surface area contributed by atoms with Crippen molar-refractivity contribution < 1.29 is 19.1 Å². The van der Waals surface area contributed by atoms with Crippen molar-refractivity contribution >= 4 is 29.4 Å². The van der Waals surface area contributed by atoms with Crippen LogP contribution in [0.4, 0.5) is 4.79 Å². The number of carbonyl (C=O) groups is 3. The Morgan fingerprint density at radius 2 is 2.08 bits per heavy atom. The summed E-state index contributed by atoms with van der Waals surface area (Å²) >= 11 is 5.75. The number of likely N-dealkylation sites (tertiary alicyclic amines) is 1. The van der Waals surface area contributed by atoms with Crippen molar-refractivity contribution in [2.24, 2.45) is 0 Å². The van der Waals surface area contributed by atoms with E-state index in [0.29, 0.717) is 31.2 Å². The Bertz CT molecular complexity index is 684. The molecule has 0 radical (unpaired) electrons. The fourth-order valence-electron chi connectivity index (χ4n) is 2.97. The van der Waals surface area contributed by atoms with E-state index >= 15 is 0 Å². The van der Waals surface area contributed by atoms with E-state index in [2.05, 4.69) is 15.3 Å². The van der Waals surface area contributed by atoms with Gasteiger partial charge in [0.15, 0.2) is 0 Å². The van der Waals surface area contributed by atoms with Crippen molar-refractivity contribution in [2.45, 2.75) is 31.8 Å². The number of amides is 4. The van der Waals surface area contributed by atoms with Crippen molar-refractivity contribution in [3.05, 3.63) is 17.4 Å². The fraction of sp³-hybridized carbons (Fsp3) is 0.562. The van der Waals surface area contributed by atoms with Crippen LogP contribution in [0.15, 0.2) is 12.4 Å². The van der Waals surface area contributed by atoms with Gasteiger partial charge in [0.2, 0.25) is 11.8 Å². The smallest absolute Gasteiger partial charge is 0.324 e. The summed E-state index contributed by atoms with van der Waals surface area (Å²) in [5.41, 5.74) is 0. The zero-order chi connectivity index (χ0) is 18.5. The lowest BCUT2D eigenvalue weighted by atomic mass is 10.1. The maximum Gasteiger partial charge on any atom is 0.324 e. The Hall–Kier alpha value is -2.42. The molecule has 2 aliphatic rings. The van der Waals surface area contributed by atoms with Gasteiger partial charge in [0.1, 0.15) is 6.10 Å². The number of piperidine rings is 1. The molecule has 1 atom stereocenters. The van der Waals surface area contributed by atoms with E-state index in [1.165, 1.54) is 17.3 Å². The van der Waals surface area contributed by atoms with Crippen LogP contribution in [0.5, 0.6) is 6.01 Å². The van der Waals surface area contributed by atoms with Crippen LogP contribution in [-0.2, 0) is 9.59 Å². The summed E-state index contributed by atoms with van der Waals surface area (Å²) in [6, 6.07) is -0.197. The third-order valence-corrected chi connectivity index (χ3v) is 4.53. The first kappa shape index (κ1) is 18.4. The fourth-order valence-corrected chi connectivity index (χ4v) is 3.07. The number of imide groups is 1. The minimum atomic E-state index is -0.436. The van der Waals surface area contributed by atoms with E-state index in [-0.39, 0.29) is 36.8 Å². The summed E-state index contributed by atoms with van der Waals surface area (Å²) < 4.78 is 5.73. The van der Waals surface area contributed by atoms with Crippen LogP contribution in [0, 0.1) is 0 Å². The monoisotopic (exact) mass is 381 g/mol. The van der Waals surface area contributed by atoms with Gasteiger partial charge in [-0.2, -0.15) is 0 Å². The Morgan fingerprint density at radius 3 is 2.81 bits per heavy atom. The van der Waals surface area contributed by atoms with Gasteiger partial charge in [-0.25, -0.2) is 14.8 Å². The number of urea groups is 1. The van der Waals surface area contributed by atoms with Gasteiger partial charge in [0.05, 0.1) is 24.0 Å². The van der Waals surface area contributed by atoms with E-state index in [0.717, 1.165) is 12.8 Å². The highest BCUT2D eigenvalue weighted by Crippen LogP contribution is 2.17. The number of carbonyl (C=O) groups excluding carboxylic acids is 3. The van der Waals surface area contributed by atoms with Crippen LogP contribution in [0.2, 0.25) is 5.02 Å². The predicted molar refractivity (Wildman–Crippen MR) is 91.6 cm³/mol. The third-order valence-electron chi connectivity index (χ3n) is 4.34. The number of nitrogens with one attached hydrogen (secondary N) is 1. The molecule has 140 valence electrons. The second-order valence-electron chi connectivity index (χ2n) is 6.25. The maximum absolute atomic E-state index is 12.5. The van der Waals surface area contributed by atoms with E-state index < -0.39 is 6.03 Å². The number of hydrogen-bond acceptors (Lipinski definition) is 6. The van der Waals surface area contributed by atoms with Crippen LogP contribution in [-0.4, -0.2) is 69.9 Å². The molecule has 26 heavy (non-hydrogen) atoms. The van der Waals surface area contributed by atoms with E-state index in [1.807, 2.05) is 0 Å². The average molecular weight is 382 g/mol. The second kappa shape index (κ2) is 8.31. The van der Waals surface area contributed by atoms with E-state index in [9.17, 15) is 14.4 Å². The molecular weight excluding hydrogens is 362 g/mol. The molecule has 9 nitrogen and oxygen atoms in total. The molecule has 0 saturated carbocycles. The van der Waals surface area contributed by atoms with Crippen molar-refractivity contribution in [1.29, 1.82) is 0 Å². The Balaban J connectivity index is 1.47. The van der Waals surface area contributed by atoms with E-state index in [1.54, 1.807) is 4.90 Å². The summed E-state index contributed by atoms with van der Waals surface area (Å²) in [5.74, 6) is -0.321. The second-order valence-corrected chi connectivity index (χ2v) is 6.68. The minimum Gasteiger partial charge on any atom is -0.458 e. The molecule has 3 heterocycles. The topological polar surface area (TPSA) is 105 Å². The first-order chi connectivity index (χ1) is 12.5. The molecule has 0 aromatic carbocycles. The molecule has 1 aromatic heterocycles. The van der Waals surface area contributed by atoms with E-state index in [4.69, 9.17) is 16.3 Å². The molecule has 3 rings (SSSR count). The first-order valence-electron chi connectivity index (χ1n) is 8.52. The molecule has 1 unspecified atom stereocenters. The number of ether oxygens (including phenoxy) is 1. The van der Waals surface area contributed by atoms with Gasteiger partial charge >= 0.3 is 12.0 Å². The van der Waals surface area contributed by atoms with Gasteiger partial charge in [-0.3, -0.25) is 14.9 Å². The molecule has 1 N–H and O–H groups in total. The molecule has 10 heteroatoms. The lowest BCUT2D eigenvalue weighted by Gasteiger charge is -2.33. The average Bonchev–Trinajstić information content (AvgIpc) is 2.63. The zero-order valence-corrected chi connectivity index (χ0v) is 14.9. The lowest BCUT2D eigenvalue weighted by Crippen LogP contribution is -2.51. The zero-order valence-electron chi connectivity index (χ0n) is 14.2. The number of aromatic nitrogens is 2. The highest BCUT2D eigenvalue weighted by Gasteiger charge is 2.27. The molecule has 2 saturated heterocycles. The van der Waals surface area contributed by atoms with Crippen molar-refractivity contribution in [3.8, 4) is 6.01 Å². The van der Waals surface area contributed by atoms with Crippen molar-refractivity contribution in [3.63, 3.8) is 0 Å². The van der Waals surface area contributed by atoms with Gasteiger partial charge in [-0.15, -0.1) is 0 Å². The summed E-state index contributed by atoms with van der Waals surface area (Å²) in [5, 5.41) is 2.68. The van der Waals surface area contributed by atoms with Gasteiger partial charge in [0, 0.05) is 32.5 Å². The molecule has 2 fully saturated rings. The van der Waals surface area contributed by atoms with Crippen molar-refractivity contribution in [2.75, 3.05) is 26.2 Å². The quantitative estimate of drug-likeness (QED) is 0.810. The molecule has 4 amide bonds. The minimum absolute atomic E-state index is 0.0416. The molecule has 1 aromatic rings. The molecule has 0 bridgehead atoms. The van der Waals surface area contributed by atoms with Crippen LogP contribution >= 0.6 is 11.6 Å². The SMILES string of the molecule is O=C1CCN(CCC(=O)N2CCCC(Oc3ncc(Cl)cn3)C2)C(=O)N1. The molecule has 0 aliphatic carbocycles. The van der Waals surface area contributed by atoms with Gasteiger partial charge in [-0.1, -0.05) is 11.6 Å². The van der Waals surface area contributed by atoms with Gasteiger partial charge < -0.3 is 14.5 Å². The highest BCUT2D eigenvalue weighted by atomic mass is 35.5. The summed E-state index contributed by atoms with van der Waals surface area (Å²) in [7, 11) is 0. The summed E-state index contributed by atoms with van der Waals surface area (Å²) in [6.45, 7) is 1.75. The maximum atomic E-state index is 12.5. The standard InChI is InChI=1S/C16H20ClN5O4/c17-11-8-18-15(19-9-11)26-12-2-1-5-22(10-12)14(24)4-7-21-6-3-13(23)20-16(21)25/h8-9,12H,1-7,10H2,(H,20,23,25). The Labute approximate surface area is 155 Å². The lowest BCUT2D eigenvalue weighted by molar-refractivity contribution is -0.134. The Kier molecular flexibility index (Phi) is 5.87. The number of hydrogen-bond donors (Lipinski definition) is 1. The van der Waals surface area contributed by atoms with Crippen molar-refractivity contribution in [1.82, 2.24) is 25.1 Å². The van der Waals surface area contributed by atoms with Crippen LogP contribution in [0.1, 0.15) is 25.7 Å². The molecule has 2 aliphatic heterocycles. The van der Waals surface area contributed by atoms with Gasteiger partial charge in [0.25, 0.3) is 0 Å². The van der Waals surface area contributed by atoms with Crippen LogP contribution in [0.3, 0.4) is 0 Å². The molecule has 0 spiro atoms. The normalized spacial score (nSPS) is 20.7. The van der Waals surface area contributed by atoms with Gasteiger partial charge in [-0.05, 0) is 12.8 Å². The number of halogens is 1. The third kappa shape index (κ3) is 4.81. The van der Waals surface area contributed by atoms with Crippen LogP contribution in [0.25, 0.3) is 0 Å². The number of rotatable bonds is 5. The Morgan fingerprint density at radius 1 is 1.31 bits per heavy atom.